The standard InChI is InChI=1S/C15H25NO/c1-7-13(16)11-9-12(15(3,4)5)14(17-6)8-10(11)2/h8-9,13H,7,16H2,1-6H3. The largest absolute Gasteiger partial charge is 0.496 e. The predicted molar refractivity (Wildman–Crippen MR) is 73.7 cm³/mol. The lowest BCUT2D eigenvalue weighted by Gasteiger charge is -2.25. The molecule has 0 saturated carbocycles. The van der Waals surface area contributed by atoms with Gasteiger partial charge >= 0.3 is 0 Å². The van der Waals surface area contributed by atoms with Crippen molar-refractivity contribution in [3.63, 3.8) is 0 Å². The van der Waals surface area contributed by atoms with Crippen LogP contribution in [0.2, 0.25) is 0 Å². The third-order valence-electron chi connectivity index (χ3n) is 3.24. The van der Waals surface area contributed by atoms with E-state index in [0.717, 1.165) is 12.2 Å². The second kappa shape index (κ2) is 5.09. The summed E-state index contributed by atoms with van der Waals surface area (Å²) in [4.78, 5) is 0. The van der Waals surface area contributed by atoms with Crippen LogP contribution in [0.1, 0.15) is 56.8 Å². The Morgan fingerprint density at radius 3 is 2.29 bits per heavy atom. The average molecular weight is 235 g/mol. The van der Waals surface area contributed by atoms with Gasteiger partial charge in [-0.05, 0) is 47.6 Å². The van der Waals surface area contributed by atoms with E-state index in [-0.39, 0.29) is 11.5 Å². The van der Waals surface area contributed by atoms with E-state index in [1.807, 2.05) is 0 Å². The van der Waals surface area contributed by atoms with Gasteiger partial charge in [-0.15, -0.1) is 0 Å². The first-order valence-electron chi connectivity index (χ1n) is 6.25. The molecule has 0 aliphatic carbocycles. The lowest BCUT2D eigenvalue weighted by atomic mass is 9.83. The lowest BCUT2D eigenvalue weighted by Crippen LogP contribution is -2.17. The van der Waals surface area contributed by atoms with E-state index in [1.165, 1.54) is 16.7 Å². The third kappa shape index (κ3) is 3.01. The van der Waals surface area contributed by atoms with Crippen LogP contribution in [0.5, 0.6) is 5.75 Å². The van der Waals surface area contributed by atoms with Gasteiger partial charge < -0.3 is 10.5 Å². The van der Waals surface area contributed by atoms with E-state index in [1.54, 1.807) is 7.11 Å². The first-order valence-corrected chi connectivity index (χ1v) is 6.25. The number of rotatable bonds is 3. The number of nitrogens with two attached hydrogens (primary N) is 1. The van der Waals surface area contributed by atoms with E-state index in [4.69, 9.17) is 10.5 Å². The maximum Gasteiger partial charge on any atom is 0.122 e. The fourth-order valence-electron chi connectivity index (χ4n) is 2.07. The van der Waals surface area contributed by atoms with Crippen LogP contribution < -0.4 is 10.5 Å². The highest BCUT2D eigenvalue weighted by Gasteiger charge is 2.21. The summed E-state index contributed by atoms with van der Waals surface area (Å²) < 4.78 is 5.48. The molecule has 1 rings (SSSR count). The van der Waals surface area contributed by atoms with Gasteiger partial charge in [0.2, 0.25) is 0 Å². The summed E-state index contributed by atoms with van der Waals surface area (Å²) in [5.74, 6) is 0.960. The molecule has 0 fully saturated rings. The van der Waals surface area contributed by atoms with Crippen LogP contribution in [0.25, 0.3) is 0 Å². The molecule has 0 radical (unpaired) electrons. The van der Waals surface area contributed by atoms with Gasteiger partial charge in [0.15, 0.2) is 0 Å². The van der Waals surface area contributed by atoms with Crippen LogP contribution in [-0.2, 0) is 5.41 Å². The molecule has 1 aromatic rings. The molecule has 96 valence electrons. The number of hydrogen-bond donors (Lipinski definition) is 1. The number of aryl methyl sites for hydroxylation is 1. The summed E-state index contributed by atoms with van der Waals surface area (Å²) in [6.07, 6.45) is 0.955. The molecule has 0 bridgehead atoms. The van der Waals surface area contributed by atoms with Crippen molar-refractivity contribution in [3.8, 4) is 5.75 Å². The highest BCUT2D eigenvalue weighted by atomic mass is 16.5. The van der Waals surface area contributed by atoms with Crippen LogP contribution in [-0.4, -0.2) is 7.11 Å². The van der Waals surface area contributed by atoms with Crippen LogP contribution in [0.15, 0.2) is 12.1 Å². The molecule has 0 amide bonds. The Balaban J connectivity index is 3.38. The van der Waals surface area contributed by atoms with Crippen LogP contribution in [0.4, 0.5) is 0 Å². The van der Waals surface area contributed by atoms with E-state index in [2.05, 4.69) is 46.8 Å². The maximum absolute atomic E-state index is 6.16. The van der Waals surface area contributed by atoms with E-state index in [0.29, 0.717) is 0 Å². The lowest BCUT2D eigenvalue weighted by molar-refractivity contribution is 0.396. The van der Waals surface area contributed by atoms with Gasteiger partial charge in [0.05, 0.1) is 7.11 Å². The molecule has 0 saturated heterocycles. The Labute approximate surface area is 105 Å². The molecule has 2 N–H and O–H groups in total. The van der Waals surface area contributed by atoms with Gasteiger partial charge in [0, 0.05) is 6.04 Å². The van der Waals surface area contributed by atoms with Crippen molar-refractivity contribution >= 4 is 0 Å². The van der Waals surface area contributed by atoms with Gasteiger partial charge in [-0.1, -0.05) is 27.7 Å². The fraction of sp³-hybridized carbons (Fsp3) is 0.600. The molecule has 1 atom stereocenters. The molecule has 0 aliphatic rings. The van der Waals surface area contributed by atoms with Crippen molar-refractivity contribution in [2.45, 2.75) is 52.5 Å². The van der Waals surface area contributed by atoms with Crippen LogP contribution in [0.3, 0.4) is 0 Å². The van der Waals surface area contributed by atoms with Crippen molar-refractivity contribution < 1.29 is 4.74 Å². The molecule has 0 aliphatic heterocycles. The highest BCUT2D eigenvalue weighted by molar-refractivity contribution is 5.46. The van der Waals surface area contributed by atoms with E-state index in [9.17, 15) is 0 Å². The number of hydrogen-bond acceptors (Lipinski definition) is 2. The van der Waals surface area contributed by atoms with Crippen molar-refractivity contribution in [3.05, 3.63) is 28.8 Å². The zero-order valence-electron chi connectivity index (χ0n) is 11.9. The van der Waals surface area contributed by atoms with Crippen LogP contribution >= 0.6 is 0 Å². The zero-order valence-corrected chi connectivity index (χ0v) is 11.9. The number of benzene rings is 1. The molecular weight excluding hydrogens is 210 g/mol. The predicted octanol–water partition coefficient (Wildman–Crippen LogP) is 3.71. The Morgan fingerprint density at radius 2 is 1.88 bits per heavy atom. The van der Waals surface area contributed by atoms with Gasteiger partial charge in [0.1, 0.15) is 5.75 Å². The van der Waals surface area contributed by atoms with Crippen molar-refractivity contribution in [1.82, 2.24) is 0 Å². The second-order valence-corrected chi connectivity index (χ2v) is 5.67. The molecule has 17 heavy (non-hydrogen) atoms. The molecule has 0 aromatic heterocycles. The Morgan fingerprint density at radius 1 is 1.29 bits per heavy atom. The molecule has 0 spiro atoms. The summed E-state index contributed by atoms with van der Waals surface area (Å²) in [5, 5.41) is 0. The summed E-state index contributed by atoms with van der Waals surface area (Å²) in [6.45, 7) is 10.8. The van der Waals surface area contributed by atoms with Gasteiger partial charge in [-0.25, -0.2) is 0 Å². The molecule has 1 aromatic carbocycles. The molecule has 2 heteroatoms. The SMILES string of the molecule is CCC(N)c1cc(C(C)(C)C)c(OC)cc1C. The normalized spacial score (nSPS) is 13.6. The van der Waals surface area contributed by atoms with Crippen molar-refractivity contribution in [2.24, 2.45) is 5.73 Å². The van der Waals surface area contributed by atoms with E-state index >= 15 is 0 Å². The first kappa shape index (κ1) is 14.0. The number of ether oxygens (including phenoxy) is 1. The smallest absolute Gasteiger partial charge is 0.122 e. The Hall–Kier alpha value is -1.02. The quantitative estimate of drug-likeness (QED) is 0.866. The monoisotopic (exact) mass is 235 g/mol. The van der Waals surface area contributed by atoms with Crippen LogP contribution in [0, 0.1) is 6.92 Å². The fourth-order valence-corrected chi connectivity index (χ4v) is 2.07. The molecule has 0 heterocycles. The van der Waals surface area contributed by atoms with Crippen molar-refractivity contribution in [2.75, 3.05) is 7.11 Å². The topological polar surface area (TPSA) is 35.2 Å². The minimum atomic E-state index is 0.0707. The second-order valence-electron chi connectivity index (χ2n) is 5.67. The summed E-state index contributed by atoms with van der Waals surface area (Å²) in [6, 6.07) is 4.43. The van der Waals surface area contributed by atoms with Gasteiger partial charge in [-0.2, -0.15) is 0 Å². The molecule has 1 unspecified atom stereocenters. The van der Waals surface area contributed by atoms with E-state index < -0.39 is 0 Å². The zero-order chi connectivity index (χ0) is 13.2. The first-order chi connectivity index (χ1) is 7.81. The molecular formula is C15H25NO. The molecule has 2 nitrogen and oxygen atoms in total. The maximum atomic E-state index is 6.16. The Bertz CT molecular complexity index is 391. The minimum absolute atomic E-state index is 0.0707. The summed E-state index contributed by atoms with van der Waals surface area (Å²) in [5.41, 5.74) is 9.90. The van der Waals surface area contributed by atoms with Gasteiger partial charge in [-0.3, -0.25) is 0 Å². The highest BCUT2D eigenvalue weighted by Crippen LogP contribution is 2.35. The minimum Gasteiger partial charge on any atom is -0.496 e. The Kier molecular flexibility index (Phi) is 4.21. The summed E-state index contributed by atoms with van der Waals surface area (Å²) in [7, 11) is 1.73. The average Bonchev–Trinajstić information content (AvgIpc) is 2.25. The van der Waals surface area contributed by atoms with Gasteiger partial charge in [0.25, 0.3) is 0 Å². The summed E-state index contributed by atoms with van der Waals surface area (Å²) >= 11 is 0. The third-order valence-corrected chi connectivity index (χ3v) is 3.24. The number of methoxy groups -OCH3 is 1. The van der Waals surface area contributed by atoms with Crippen molar-refractivity contribution in [1.29, 1.82) is 0 Å².